The number of hydrazine groups is 1. The minimum atomic E-state index is -4.06. The van der Waals surface area contributed by atoms with Gasteiger partial charge in [0.2, 0.25) is 0 Å². The molecule has 0 saturated carbocycles. The zero-order valence-electron chi connectivity index (χ0n) is 15.1. The van der Waals surface area contributed by atoms with Crippen LogP contribution >= 0.6 is 23.2 Å². The van der Waals surface area contributed by atoms with Crippen molar-refractivity contribution in [3.63, 3.8) is 0 Å². The maximum Gasteiger partial charge on any atom is 0.291 e. The lowest BCUT2D eigenvalue weighted by atomic mass is 10.2. The van der Waals surface area contributed by atoms with Crippen molar-refractivity contribution in [1.29, 1.82) is 0 Å². The highest BCUT2D eigenvalue weighted by Gasteiger charge is 2.19. The Balaban J connectivity index is 1.78. The van der Waals surface area contributed by atoms with Crippen LogP contribution in [0.3, 0.4) is 0 Å². The van der Waals surface area contributed by atoms with Crippen molar-refractivity contribution >= 4 is 39.1 Å². The van der Waals surface area contributed by atoms with Crippen LogP contribution < -0.4 is 15.8 Å². The second kappa shape index (κ2) is 7.99. The number of carbonyl (C=O) groups is 1. The van der Waals surface area contributed by atoms with Crippen LogP contribution in [0.5, 0.6) is 0 Å². The maximum absolute atomic E-state index is 12.4. The summed E-state index contributed by atoms with van der Waals surface area (Å²) in [5.74, 6) is 0.228. The van der Waals surface area contributed by atoms with Gasteiger partial charge in [-0.2, -0.15) is 9.78 Å². The average molecular weight is 457 g/mol. The SMILES string of the molecule is Cc1cc(C(=O)NNS(=O)(=O)c2ccc(-n3ncc(Cl)c(Cl)c3=O)cc2)c(C)o1. The number of carbonyl (C=O) groups excluding carboxylic acids is 1. The highest BCUT2D eigenvalue weighted by Crippen LogP contribution is 2.17. The van der Waals surface area contributed by atoms with Crippen molar-refractivity contribution in [1.82, 2.24) is 20.0 Å². The predicted molar refractivity (Wildman–Crippen MR) is 106 cm³/mol. The van der Waals surface area contributed by atoms with E-state index in [1.165, 1.54) is 36.5 Å². The van der Waals surface area contributed by atoms with Crippen molar-refractivity contribution in [2.75, 3.05) is 0 Å². The topological polar surface area (TPSA) is 123 Å². The van der Waals surface area contributed by atoms with Crippen LogP contribution in [0.2, 0.25) is 10.0 Å². The van der Waals surface area contributed by atoms with E-state index in [9.17, 15) is 18.0 Å². The number of nitrogens with zero attached hydrogens (tertiary/aromatic N) is 2. The van der Waals surface area contributed by atoms with Crippen molar-refractivity contribution in [2.45, 2.75) is 18.7 Å². The molecule has 0 atom stereocenters. The van der Waals surface area contributed by atoms with Crippen LogP contribution in [0.15, 0.2) is 50.6 Å². The lowest BCUT2D eigenvalue weighted by Crippen LogP contribution is -2.41. The van der Waals surface area contributed by atoms with Gasteiger partial charge in [-0.1, -0.05) is 23.2 Å². The van der Waals surface area contributed by atoms with Gasteiger partial charge in [-0.25, -0.2) is 8.42 Å². The van der Waals surface area contributed by atoms with Crippen LogP contribution in [0, 0.1) is 13.8 Å². The Hall–Kier alpha value is -2.66. The molecular formula is C17H14Cl2N4O5S. The van der Waals surface area contributed by atoms with E-state index in [2.05, 4.69) is 10.5 Å². The lowest BCUT2D eigenvalue weighted by molar-refractivity contribution is 0.0943. The first-order chi connectivity index (χ1) is 13.6. The van der Waals surface area contributed by atoms with E-state index in [1.54, 1.807) is 13.8 Å². The summed E-state index contributed by atoms with van der Waals surface area (Å²) in [6, 6.07) is 6.70. The summed E-state index contributed by atoms with van der Waals surface area (Å²) in [7, 11) is -4.06. The Morgan fingerprint density at radius 2 is 1.83 bits per heavy atom. The van der Waals surface area contributed by atoms with Crippen LogP contribution in [0.4, 0.5) is 0 Å². The summed E-state index contributed by atoms with van der Waals surface area (Å²) in [5.41, 5.74) is 1.97. The molecule has 12 heteroatoms. The van der Waals surface area contributed by atoms with Crippen molar-refractivity contribution in [2.24, 2.45) is 0 Å². The third-order valence-electron chi connectivity index (χ3n) is 3.85. The molecule has 2 aromatic heterocycles. The molecule has 0 radical (unpaired) electrons. The Morgan fingerprint density at radius 1 is 1.17 bits per heavy atom. The first kappa shape index (κ1) is 21.1. The molecule has 0 aliphatic carbocycles. The molecule has 0 fully saturated rings. The first-order valence-electron chi connectivity index (χ1n) is 8.03. The molecule has 2 heterocycles. The summed E-state index contributed by atoms with van der Waals surface area (Å²) in [6.45, 7) is 3.26. The molecule has 1 amide bonds. The maximum atomic E-state index is 12.4. The molecule has 1 aromatic carbocycles. The molecule has 0 aliphatic rings. The highest BCUT2D eigenvalue weighted by atomic mass is 35.5. The Kier molecular flexibility index (Phi) is 5.80. The minimum absolute atomic E-state index is 0.00936. The van der Waals surface area contributed by atoms with Gasteiger partial charge < -0.3 is 4.42 Å². The number of sulfonamides is 1. The molecule has 0 saturated heterocycles. The van der Waals surface area contributed by atoms with Crippen LogP contribution in [-0.2, 0) is 10.0 Å². The minimum Gasteiger partial charge on any atom is -0.466 e. The fourth-order valence-corrected chi connectivity index (χ4v) is 3.55. The number of aryl methyl sites for hydroxylation is 2. The average Bonchev–Trinajstić information content (AvgIpc) is 3.03. The van der Waals surface area contributed by atoms with E-state index in [4.69, 9.17) is 27.6 Å². The Labute approximate surface area is 175 Å². The Morgan fingerprint density at radius 3 is 2.41 bits per heavy atom. The molecule has 0 spiro atoms. The summed E-state index contributed by atoms with van der Waals surface area (Å²) in [5, 5.41) is 3.67. The molecule has 0 bridgehead atoms. The van der Waals surface area contributed by atoms with E-state index in [1.807, 2.05) is 4.83 Å². The van der Waals surface area contributed by atoms with Gasteiger partial charge in [0.15, 0.2) is 0 Å². The number of hydrogen-bond acceptors (Lipinski definition) is 6. The van der Waals surface area contributed by atoms with Gasteiger partial charge in [-0.05, 0) is 44.2 Å². The normalized spacial score (nSPS) is 11.4. The molecule has 152 valence electrons. The van der Waals surface area contributed by atoms with E-state index in [0.717, 1.165) is 4.68 Å². The standard InChI is InChI=1S/C17H14Cl2N4O5S/c1-9-7-13(10(2)28-9)16(24)21-22-29(26,27)12-5-3-11(4-6-12)23-17(25)15(19)14(18)8-20-23/h3-8,22H,1-2H3,(H,21,24). The monoisotopic (exact) mass is 456 g/mol. The molecule has 3 rings (SSSR count). The highest BCUT2D eigenvalue weighted by molar-refractivity contribution is 7.89. The first-order valence-corrected chi connectivity index (χ1v) is 10.3. The van der Waals surface area contributed by atoms with Gasteiger partial charge in [-0.15, -0.1) is 4.83 Å². The van der Waals surface area contributed by atoms with E-state index < -0.39 is 21.5 Å². The van der Waals surface area contributed by atoms with Gasteiger partial charge in [0.1, 0.15) is 16.5 Å². The molecule has 29 heavy (non-hydrogen) atoms. The van der Waals surface area contributed by atoms with Crippen LogP contribution in [0.25, 0.3) is 5.69 Å². The fraction of sp³-hybridized carbons (Fsp3) is 0.118. The fourth-order valence-electron chi connectivity index (χ4n) is 2.46. The number of benzene rings is 1. The number of aromatic nitrogens is 2. The summed E-state index contributed by atoms with van der Waals surface area (Å²) in [4.78, 5) is 26.1. The van der Waals surface area contributed by atoms with Gasteiger partial charge in [0.25, 0.3) is 21.5 Å². The quantitative estimate of drug-likeness (QED) is 0.567. The molecule has 0 unspecified atom stereocenters. The van der Waals surface area contributed by atoms with Gasteiger partial charge in [0.05, 0.1) is 27.4 Å². The van der Waals surface area contributed by atoms with E-state index >= 15 is 0 Å². The third-order valence-corrected chi connectivity index (χ3v) is 5.86. The van der Waals surface area contributed by atoms with Gasteiger partial charge >= 0.3 is 0 Å². The number of hydrogen-bond donors (Lipinski definition) is 2. The number of nitrogens with one attached hydrogen (secondary N) is 2. The zero-order valence-corrected chi connectivity index (χ0v) is 17.4. The van der Waals surface area contributed by atoms with Crippen molar-refractivity contribution in [3.8, 4) is 5.69 Å². The van der Waals surface area contributed by atoms with E-state index in [-0.39, 0.29) is 26.2 Å². The van der Waals surface area contributed by atoms with Crippen LogP contribution in [0.1, 0.15) is 21.9 Å². The lowest BCUT2D eigenvalue weighted by Gasteiger charge is -2.09. The predicted octanol–water partition coefficient (Wildman–Crippen LogP) is 2.37. The molecule has 9 nitrogen and oxygen atoms in total. The Bertz CT molecular complexity index is 1250. The second-order valence-corrected chi connectivity index (χ2v) is 8.37. The third kappa shape index (κ3) is 4.35. The van der Waals surface area contributed by atoms with Gasteiger partial charge in [-0.3, -0.25) is 15.0 Å². The van der Waals surface area contributed by atoms with E-state index in [0.29, 0.717) is 11.5 Å². The molecule has 2 N–H and O–H groups in total. The molecule has 3 aromatic rings. The number of furan rings is 1. The summed E-state index contributed by atoms with van der Waals surface area (Å²) >= 11 is 11.6. The van der Waals surface area contributed by atoms with Crippen molar-refractivity contribution < 1.29 is 17.6 Å². The van der Waals surface area contributed by atoms with Crippen molar-refractivity contribution in [3.05, 3.63) is 74.0 Å². The molecular weight excluding hydrogens is 443 g/mol. The van der Waals surface area contributed by atoms with Gasteiger partial charge in [0, 0.05) is 0 Å². The number of amides is 1. The zero-order chi connectivity index (χ0) is 21.3. The smallest absolute Gasteiger partial charge is 0.291 e. The summed E-state index contributed by atoms with van der Waals surface area (Å²) in [6.07, 6.45) is 1.20. The second-order valence-electron chi connectivity index (χ2n) is 5.90. The van der Waals surface area contributed by atoms with Crippen LogP contribution in [-0.4, -0.2) is 24.1 Å². The molecule has 0 aliphatic heterocycles. The largest absolute Gasteiger partial charge is 0.466 e. The number of halogens is 2. The number of rotatable bonds is 5. The summed E-state index contributed by atoms with van der Waals surface area (Å²) < 4.78 is 31.0.